The number of hydrogen-bond acceptors (Lipinski definition) is 4. The van der Waals surface area contributed by atoms with Gasteiger partial charge in [0.25, 0.3) is 0 Å². The first-order chi connectivity index (χ1) is 15.3. The Balaban J connectivity index is 1.04. The lowest BCUT2D eigenvalue weighted by Gasteiger charge is -2.25. The Kier molecular flexibility index (Phi) is 8.05. The number of nitrogens with zero attached hydrogens (tertiary/aromatic N) is 1. The predicted molar refractivity (Wildman–Crippen MR) is 124 cm³/mol. The van der Waals surface area contributed by atoms with Gasteiger partial charge in [-0.15, -0.1) is 0 Å². The summed E-state index contributed by atoms with van der Waals surface area (Å²) < 4.78 is 10.7. The molecule has 1 saturated heterocycles. The predicted octanol–water partition coefficient (Wildman–Crippen LogP) is 4.78. The molecule has 4 rings (SSSR count). The lowest BCUT2D eigenvalue weighted by Crippen LogP contribution is -2.28. The van der Waals surface area contributed by atoms with Crippen molar-refractivity contribution in [3.63, 3.8) is 0 Å². The minimum Gasteiger partial charge on any atom is -0.454 e. The van der Waals surface area contributed by atoms with Gasteiger partial charge in [-0.25, -0.2) is 0 Å². The molecule has 1 saturated carbocycles. The maximum atomic E-state index is 12.0. The molecule has 1 amide bonds. The van der Waals surface area contributed by atoms with Crippen LogP contribution in [0, 0.1) is 11.8 Å². The Labute approximate surface area is 186 Å². The van der Waals surface area contributed by atoms with Crippen molar-refractivity contribution in [2.75, 3.05) is 33.0 Å². The van der Waals surface area contributed by atoms with Crippen molar-refractivity contribution < 1.29 is 14.3 Å². The molecule has 2 aliphatic heterocycles. The Morgan fingerprint density at radius 3 is 2.81 bits per heavy atom. The second-order valence-electron chi connectivity index (χ2n) is 9.16. The summed E-state index contributed by atoms with van der Waals surface area (Å²) in [6.45, 7) is 4.59. The molecule has 1 aromatic carbocycles. The number of carbonyl (C=O) groups excluding carboxylic acids is 1. The molecular formula is C26H36N2O3. The van der Waals surface area contributed by atoms with Crippen LogP contribution >= 0.6 is 0 Å². The first kappa shape index (κ1) is 21.9. The zero-order valence-corrected chi connectivity index (χ0v) is 18.6. The average molecular weight is 425 g/mol. The molecule has 2 fully saturated rings. The maximum absolute atomic E-state index is 12.0. The lowest BCUT2D eigenvalue weighted by molar-refractivity contribution is -0.116. The minimum atomic E-state index is -0.0365. The van der Waals surface area contributed by atoms with Crippen LogP contribution in [-0.4, -0.2) is 43.8 Å². The van der Waals surface area contributed by atoms with Crippen molar-refractivity contribution in [3.8, 4) is 11.5 Å². The first-order valence-corrected chi connectivity index (χ1v) is 12.0. The van der Waals surface area contributed by atoms with Crippen LogP contribution in [0.3, 0.4) is 0 Å². The van der Waals surface area contributed by atoms with E-state index in [1.807, 2.05) is 30.4 Å². The zero-order chi connectivity index (χ0) is 21.3. The molecule has 2 heterocycles. The van der Waals surface area contributed by atoms with Crippen molar-refractivity contribution >= 4 is 12.0 Å². The van der Waals surface area contributed by atoms with Gasteiger partial charge in [0.15, 0.2) is 11.5 Å². The Hall–Kier alpha value is -2.27. The third-order valence-corrected chi connectivity index (χ3v) is 6.81. The fourth-order valence-electron chi connectivity index (χ4n) is 4.73. The maximum Gasteiger partial charge on any atom is 0.243 e. The van der Waals surface area contributed by atoms with Crippen LogP contribution in [0.15, 0.2) is 36.4 Å². The van der Waals surface area contributed by atoms with Gasteiger partial charge in [-0.2, -0.15) is 0 Å². The molecular weight excluding hydrogens is 388 g/mol. The van der Waals surface area contributed by atoms with Gasteiger partial charge in [0.05, 0.1) is 0 Å². The van der Waals surface area contributed by atoms with Gasteiger partial charge >= 0.3 is 0 Å². The van der Waals surface area contributed by atoms with Crippen molar-refractivity contribution in [2.24, 2.45) is 11.8 Å². The molecule has 1 atom stereocenters. The van der Waals surface area contributed by atoms with Crippen molar-refractivity contribution in [2.45, 2.75) is 51.4 Å². The second-order valence-corrected chi connectivity index (χ2v) is 9.16. The molecule has 0 bridgehead atoms. The smallest absolute Gasteiger partial charge is 0.243 e. The number of nitrogens with one attached hydrogen (secondary N) is 1. The summed E-state index contributed by atoms with van der Waals surface area (Å²) in [4.78, 5) is 14.6. The van der Waals surface area contributed by atoms with Gasteiger partial charge in [-0.05, 0) is 61.9 Å². The van der Waals surface area contributed by atoms with Gasteiger partial charge in [0.2, 0.25) is 12.7 Å². The summed E-state index contributed by atoms with van der Waals surface area (Å²) in [5, 5.41) is 2.99. The largest absolute Gasteiger partial charge is 0.454 e. The van der Waals surface area contributed by atoms with Crippen LogP contribution in [0.2, 0.25) is 0 Å². The minimum absolute atomic E-state index is 0.0365. The molecule has 0 radical (unpaired) electrons. The molecule has 5 heteroatoms. The van der Waals surface area contributed by atoms with E-state index in [1.165, 1.54) is 58.0 Å². The summed E-state index contributed by atoms with van der Waals surface area (Å²) >= 11 is 0. The molecule has 168 valence electrons. The monoisotopic (exact) mass is 424 g/mol. The number of allylic oxidation sites excluding steroid dienone is 2. The number of rotatable bonds is 11. The molecule has 1 N–H and O–H groups in total. The van der Waals surface area contributed by atoms with E-state index >= 15 is 0 Å². The van der Waals surface area contributed by atoms with Gasteiger partial charge in [0.1, 0.15) is 0 Å². The molecule has 0 aromatic heterocycles. The zero-order valence-electron chi connectivity index (χ0n) is 18.6. The van der Waals surface area contributed by atoms with E-state index in [1.54, 1.807) is 12.2 Å². The number of ether oxygens (including phenoxy) is 2. The SMILES string of the molecule is O=C(C=CC=Cc1ccc2c(c1)OCO2)NCCCN1CCC(CCCC2CCC2)C1. The number of hydrogen-bond donors (Lipinski definition) is 1. The number of fused-ring (bicyclic) bond motifs is 1. The van der Waals surface area contributed by atoms with Crippen molar-refractivity contribution in [1.29, 1.82) is 0 Å². The van der Waals surface area contributed by atoms with Crippen LogP contribution in [-0.2, 0) is 4.79 Å². The van der Waals surface area contributed by atoms with E-state index in [2.05, 4.69) is 10.2 Å². The molecule has 1 aliphatic carbocycles. The third kappa shape index (κ3) is 6.86. The summed E-state index contributed by atoms with van der Waals surface area (Å²) in [5.74, 6) is 3.46. The lowest BCUT2D eigenvalue weighted by atomic mass is 9.81. The summed E-state index contributed by atoms with van der Waals surface area (Å²) in [6.07, 6.45) is 18.3. The van der Waals surface area contributed by atoms with Crippen LogP contribution in [0.25, 0.3) is 6.08 Å². The number of benzene rings is 1. The number of carbonyl (C=O) groups is 1. The summed E-state index contributed by atoms with van der Waals surface area (Å²) in [5.41, 5.74) is 1.02. The Morgan fingerprint density at radius 1 is 1.06 bits per heavy atom. The standard InChI is InChI=1S/C26H36N2O3/c29-26(11-2-1-6-22-12-13-24-25(18-22)31-20-30-24)27-15-5-16-28-17-14-23(19-28)10-4-9-21-7-3-8-21/h1-2,6,11-13,18,21,23H,3-5,7-10,14-17,19-20H2,(H,27,29). The molecule has 5 nitrogen and oxygen atoms in total. The number of amides is 1. The average Bonchev–Trinajstić information content (AvgIpc) is 3.39. The fraction of sp³-hybridized carbons (Fsp3) is 0.577. The topological polar surface area (TPSA) is 50.8 Å². The highest BCUT2D eigenvalue weighted by atomic mass is 16.7. The van der Waals surface area contributed by atoms with Gasteiger partial charge < -0.3 is 19.7 Å². The van der Waals surface area contributed by atoms with Crippen molar-refractivity contribution in [3.05, 3.63) is 42.0 Å². The highest BCUT2D eigenvalue weighted by molar-refractivity contribution is 5.87. The van der Waals surface area contributed by atoms with Crippen LogP contribution in [0.4, 0.5) is 0 Å². The van der Waals surface area contributed by atoms with Crippen molar-refractivity contribution in [1.82, 2.24) is 10.2 Å². The van der Waals surface area contributed by atoms with Crippen LogP contribution < -0.4 is 14.8 Å². The van der Waals surface area contributed by atoms with Crippen LogP contribution in [0.5, 0.6) is 11.5 Å². The fourth-order valence-corrected chi connectivity index (χ4v) is 4.73. The van der Waals surface area contributed by atoms with Gasteiger partial charge in [0, 0.05) is 19.2 Å². The van der Waals surface area contributed by atoms with E-state index < -0.39 is 0 Å². The molecule has 1 aromatic rings. The molecule has 3 aliphatic rings. The first-order valence-electron chi connectivity index (χ1n) is 12.0. The third-order valence-electron chi connectivity index (χ3n) is 6.81. The van der Waals surface area contributed by atoms with E-state index in [0.717, 1.165) is 48.4 Å². The van der Waals surface area contributed by atoms with Gasteiger partial charge in [-0.3, -0.25) is 4.79 Å². The van der Waals surface area contributed by atoms with Crippen LogP contribution in [0.1, 0.15) is 56.9 Å². The Bertz CT molecular complexity index is 785. The normalized spacial score (nSPS) is 21.2. The Morgan fingerprint density at radius 2 is 1.94 bits per heavy atom. The summed E-state index contributed by atoms with van der Waals surface area (Å²) in [6, 6.07) is 5.80. The van der Waals surface area contributed by atoms with E-state index in [9.17, 15) is 4.79 Å². The van der Waals surface area contributed by atoms with Gasteiger partial charge in [-0.1, -0.05) is 56.4 Å². The van der Waals surface area contributed by atoms with E-state index in [4.69, 9.17) is 9.47 Å². The second kappa shape index (κ2) is 11.4. The van der Waals surface area contributed by atoms with E-state index in [0.29, 0.717) is 0 Å². The highest BCUT2D eigenvalue weighted by Gasteiger charge is 2.23. The molecule has 1 unspecified atom stereocenters. The van der Waals surface area contributed by atoms with E-state index in [-0.39, 0.29) is 12.7 Å². The highest BCUT2D eigenvalue weighted by Crippen LogP contribution is 2.33. The molecule has 0 spiro atoms. The quantitative estimate of drug-likeness (QED) is 0.315. The summed E-state index contributed by atoms with van der Waals surface area (Å²) in [7, 11) is 0. The molecule has 31 heavy (non-hydrogen) atoms. The number of likely N-dealkylation sites (tertiary alicyclic amines) is 1.